The zero-order valence-corrected chi connectivity index (χ0v) is 18.7. The maximum atomic E-state index is 13.1. The van der Waals surface area contributed by atoms with E-state index in [9.17, 15) is 15.0 Å². The number of rotatable bonds is 3. The van der Waals surface area contributed by atoms with Gasteiger partial charge in [-0.3, -0.25) is 14.7 Å². The van der Waals surface area contributed by atoms with Gasteiger partial charge >= 0.3 is 0 Å². The second kappa shape index (κ2) is 9.41. The van der Waals surface area contributed by atoms with Crippen molar-refractivity contribution >= 4 is 5.91 Å². The van der Waals surface area contributed by atoms with Gasteiger partial charge in [-0.25, -0.2) is 0 Å². The molecule has 6 heteroatoms. The van der Waals surface area contributed by atoms with Gasteiger partial charge in [0.1, 0.15) is 5.60 Å². The van der Waals surface area contributed by atoms with Crippen molar-refractivity contribution in [2.45, 2.75) is 50.3 Å². The smallest absolute Gasteiger partial charge is 0.255 e. The third-order valence-electron chi connectivity index (χ3n) is 6.37. The number of benzene rings is 1. The SMILES string of the molecule is CC(C)(O)C#Cc1ccc([C@H]2[C@@H](CO)N3CCCCN(C(=O)c4cccnc4)C[C@@H]23)cc1. The average molecular weight is 434 g/mol. The lowest BCUT2D eigenvalue weighted by atomic mass is 9.74. The summed E-state index contributed by atoms with van der Waals surface area (Å²) in [6, 6.07) is 11.9. The number of carbonyl (C=O) groups is 1. The normalized spacial score (nSPS) is 23.8. The summed E-state index contributed by atoms with van der Waals surface area (Å²) in [5.41, 5.74) is 1.58. The lowest BCUT2D eigenvalue weighted by Crippen LogP contribution is -2.67. The van der Waals surface area contributed by atoms with Gasteiger partial charge in [0.15, 0.2) is 0 Å². The van der Waals surface area contributed by atoms with Gasteiger partial charge in [-0.15, -0.1) is 0 Å². The quantitative estimate of drug-likeness (QED) is 0.727. The van der Waals surface area contributed by atoms with Crippen LogP contribution in [0.1, 0.15) is 54.1 Å². The Hall–Kier alpha value is -2.72. The van der Waals surface area contributed by atoms with Crippen molar-refractivity contribution in [1.29, 1.82) is 0 Å². The highest BCUT2D eigenvalue weighted by Crippen LogP contribution is 2.42. The summed E-state index contributed by atoms with van der Waals surface area (Å²) in [6.07, 6.45) is 5.26. The second-order valence-electron chi connectivity index (χ2n) is 9.21. The van der Waals surface area contributed by atoms with Crippen LogP contribution in [0.4, 0.5) is 0 Å². The molecular formula is C26H31N3O3. The molecule has 32 heavy (non-hydrogen) atoms. The fourth-order valence-corrected chi connectivity index (χ4v) is 4.81. The van der Waals surface area contributed by atoms with E-state index in [1.807, 2.05) is 23.1 Å². The number of aromatic nitrogens is 1. The van der Waals surface area contributed by atoms with E-state index < -0.39 is 5.60 Å². The van der Waals surface area contributed by atoms with Crippen molar-refractivity contribution in [2.75, 3.05) is 26.2 Å². The molecule has 0 spiro atoms. The van der Waals surface area contributed by atoms with Crippen molar-refractivity contribution in [2.24, 2.45) is 0 Å². The van der Waals surface area contributed by atoms with Crippen LogP contribution in [0.15, 0.2) is 48.8 Å². The highest BCUT2D eigenvalue weighted by atomic mass is 16.3. The van der Waals surface area contributed by atoms with E-state index in [4.69, 9.17) is 0 Å². The number of hydrogen-bond acceptors (Lipinski definition) is 5. The van der Waals surface area contributed by atoms with Crippen LogP contribution in [0.5, 0.6) is 0 Å². The largest absolute Gasteiger partial charge is 0.395 e. The number of pyridine rings is 1. The average Bonchev–Trinajstić information content (AvgIpc) is 2.77. The molecule has 2 N–H and O–H groups in total. The minimum atomic E-state index is -1.03. The number of hydrogen-bond donors (Lipinski definition) is 2. The molecular weight excluding hydrogens is 402 g/mol. The molecule has 0 bridgehead atoms. The van der Waals surface area contributed by atoms with Crippen molar-refractivity contribution in [1.82, 2.24) is 14.8 Å². The number of nitrogens with zero attached hydrogens (tertiary/aromatic N) is 3. The zero-order valence-electron chi connectivity index (χ0n) is 18.7. The van der Waals surface area contributed by atoms with Gasteiger partial charge in [0.2, 0.25) is 0 Å². The molecule has 0 radical (unpaired) electrons. The third-order valence-corrected chi connectivity index (χ3v) is 6.37. The minimum Gasteiger partial charge on any atom is -0.395 e. The maximum absolute atomic E-state index is 13.1. The lowest BCUT2D eigenvalue weighted by molar-refractivity contribution is -0.0606. The van der Waals surface area contributed by atoms with E-state index in [0.717, 1.165) is 37.1 Å². The lowest BCUT2D eigenvalue weighted by Gasteiger charge is -2.57. The first-order valence-corrected chi connectivity index (χ1v) is 11.3. The predicted octanol–water partition coefficient (Wildman–Crippen LogP) is 2.27. The number of fused-ring (bicyclic) bond motifs is 1. The summed E-state index contributed by atoms with van der Waals surface area (Å²) < 4.78 is 0. The molecule has 1 aromatic carbocycles. The minimum absolute atomic E-state index is 0.0170. The Kier molecular flexibility index (Phi) is 6.61. The van der Waals surface area contributed by atoms with Gasteiger partial charge in [0.05, 0.1) is 12.2 Å². The Morgan fingerprint density at radius 1 is 1.19 bits per heavy atom. The van der Waals surface area contributed by atoms with Crippen LogP contribution in [0.25, 0.3) is 0 Å². The molecule has 0 saturated carbocycles. The van der Waals surface area contributed by atoms with Gasteiger partial charge in [0, 0.05) is 49.0 Å². The fourth-order valence-electron chi connectivity index (χ4n) is 4.81. The van der Waals surface area contributed by atoms with E-state index in [-0.39, 0.29) is 30.5 Å². The van der Waals surface area contributed by atoms with Crippen LogP contribution >= 0.6 is 0 Å². The van der Waals surface area contributed by atoms with Gasteiger partial charge in [0.25, 0.3) is 5.91 Å². The molecule has 1 amide bonds. The predicted molar refractivity (Wildman–Crippen MR) is 123 cm³/mol. The van der Waals surface area contributed by atoms with E-state index in [0.29, 0.717) is 12.1 Å². The molecule has 2 aliphatic rings. The summed E-state index contributed by atoms with van der Waals surface area (Å²) in [4.78, 5) is 21.5. The summed E-state index contributed by atoms with van der Waals surface area (Å²) in [7, 11) is 0. The summed E-state index contributed by atoms with van der Waals surface area (Å²) in [5.74, 6) is 6.01. The maximum Gasteiger partial charge on any atom is 0.255 e. The number of carbonyl (C=O) groups excluding carboxylic acids is 1. The molecule has 1 aromatic heterocycles. The molecule has 0 unspecified atom stereocenters. The molecule has 3 atom stereocenters. The van der Waals surface area contributed by atoms with Crippen molar-refractivity contribution in [3.05, 3.63) is 65.5 Å². The zero-order chi connectivity index (χ0) is 22.7. The highest BCUT2D eigenvalue weighted by molar-refractivity contribution is 5.93. The molecule has 0 aliphatic carbocycles. The third kappa shape index (κ3) is 4.86. The van der Waals surface area contributed by atoms with E-state index in [1.54, 1.807) is 32.3 Å². The first-order chi connectivity index (χ1) is 15.4. The highest BCUT2D eigenvalue weighted by Gasteiger charge is 2.49. The number of aliphatic hydroxyl groups excluding tert-OH is 1. The van der Waals surface area contributed by atoms with Crippen LogP contribution in [0.3, 0.4) is 0 Å². The molecule has 168 valence electrons. The van der Waals surface area contributed by atoms with Crippen molar-refractivity contribution < 1.29 is 15.0 Å². The van der Waals surface area contributed by atoms with Crippen LogP contribution in [0, 0.1) is 11.8 Å². The van der Waals surface area contributed by atoms with Gasteiger partial charge in [-0.1, -0.05) is 24.0 Å². The van der Waals surface area contributed by atoms with Gasteiger partial charge in [-0.05, 0) is 63.1 Å². The molecule has 2 aliphatic heterocycles. The molecule has 3 heterocycles. The molecule has 6 nitrogen and oxygen atoms in total. The Bertz CT molecular complexity index is 989. The Labute approximate surface area is 189 Å². The van der Waals surface area contributed by atoms with E-state index in [2.05, 4.69) is 33.9 Å². The Morgan fingerprint density at radius 2 is 1.94 bits per heavy atom. The van der Waals surface area contributed by atoms with Gasteiger partial charge in [-0.2, -0.15) is 0 Å². The number of amides is 1. The van der Waals surface area contributed by atoms with Gasteiger partial charge < -0.3 is 15.1 Å². The standard InChI is InChI=1S/C26H31N3O3/c1-26(2,32)12-11-19-7-9-20(10-8-19)24-22-17-28(25(31)21-6-5-13-27-16-21)14-3-4-15-29(22)23(24)18-30/h5-10,13,16,22-24,30,32H,3-4,14-15,17-18H2,1-2H3/t22-,23+,24+/m0/s1. The first-order valence-electron chi connectivity index (χ1n) is 11.3. The second-order valence-corrected chi connectivity index (χ2v) is 9.21. The summed E-state index contributed by atoms with van der Waals surface area (Å²) >= 11 is 0. The topological polar surface area (TPSA) is 76.9 Å². The molecule has 4 rings (SSSR count). The van der Waals surface area contributed by atoms with Crippen LogP contribution in [-0.2, 0) is 0 Å². The molecule has 2 saturated heterocycles. The van der Waals surface area contributed by atoms with Crippen molar-refractivity contribution in [3.63, 3.8) is 0 Å². The monoisotopic (exact) mass is 433 g/mol. The van der Waals surface area contributed by atoms with Crippen LogP contribution in [0.2, 0.25) is 0 Å². The van der Waals surface area contributed by atoms with E-state index >= 15 is 0 Å². The molecule has 2 fully saturated rings. The van der Waals surface area contributed by atoms with E-state index in [1.165, 1.54) is 0 Å². The van der Waals surface area contributed by atoms with Crippen molar-refractivity contribution in [3.8, 4) is 11.8 Å². The first kappa shape index (κ1) is 22.5. The number of aliphatic hydroxyl groups is 2. The summed E-state index contributed by atoms with van der Waals surface area (Å²) in [6.45, 7) is 5.73. The molecule has 2 aromatic rings. The van der Waals surface area contributed by atoms with Crippen LogP contribution in [-0.4, -0.2) is 74.8 Å². The Morgan fingerprint density at radius 3 is 2.59 bits per heavy atom. The fraction of sp³-hybridized carbons (Fsp3) is 0.462. The van der Waals surface area contributed by atoms with Crippen LogP contribution < -0.4 is 0 Å². The summed E-state index contributed by atoms with van der Waals surface area (Å²) in [5, 5.41) is 19.9. The Balaban J connectivity index is 1.55.